The van der Waals surface area contributed by atoms with Crippen LogP contribution < -0.4 is 15.2 Å². The molecule has 1 saturated heterocycles. The van der Waals surface area contributed by atoms with Crippen LogP contribution >= 0.6 is 0 Å². The van der Waals surface area contributed by atoms with E-state index in [1.165, 1.54) is 4.57 Å². The molecule has 0 bridgehead atoms. The number of rotatable bonds is 5. The van der Waals surface area contributed by atoms with E-state index in [1.54, 1.807) is 29.2 Å². The van der Waals surface area contributed by atoms with E-state index in [-0.39, 0.29) is 24.8 Å². The quantitative estimate of drug-likeness (QED) is 0.538. The van der Waals surface area contributed by atoms with Crippen LogP contribution in [0.3, 0.4) is 0 Å². The number of fused-ring (bicyclic) bond motifs is 2. The molecule has 174 valence electrons. The van der Waals surface area contributed by atoms with Gasteiger partial charge in [0, 0.05) is 32.7 Å². The third-order valence-electron chi connectivity index (χ3n) is 5.99. The fourth-order valence-corrected chi connectivity index (χ4v) is 5.24. The standard InChI is InChI=1S/C22H24N4O6S/c1-33(29,30)26-18-5-3-2-4-17(18)25(22(26)28)14-21(27)24-10-8-23(9-11-24)13-16-6-7-19-20(12-16)32-15-31-19/h2-7,12H,8-11,13-15H2,1H3. The van der Waals surface area contributed by atoms with Gasteiger partial charge in [-0.05, 0) is 29.8 Å². The molecule has 11 heteroatoms. The van der Waals surface area contributed by atoms with E-state index in [4.69, 9.17) is 9.47 Å². The van der Waals surface area contributed by atoms with Gasteiger partial charge >= 0.3 is 5.69 Å². The van der Waals surface area contributed by atoms with Crippen LogP contribution in [0, 0.1) is 0 Å². The predicted molar refractivity (Wildman–Crippen MR) is 121 cm³/mol. The van der Waals surface area contributed by atoms with Gasteiger partial charge < -0.3 is 14.4 Å². The third-order valence-corrected chi connectivity index (χ3v) is 7.01. The molecule has 0 atom stereocenters. The van der Waals surface area contributed by atoms with Gasteiger partial charge in [0.1, 0.15) is 6.54 Å². The average molecular weight is 473 g/mol. The third kappa shape index (κ3) is 4.09. The highest BCUT2D eigenvalue weighted by molar-refractivity contribution is 7.89. The number of carbonyl (C=O) groups is 1. The number of para-hydroxylation sites is 2. The van der Waals surface area contributed by atoms with Crippen molar-refractivity contribution in [2.75, 3.05) is 39.2 Å². The number of carbonyl (C=O) groups excluding carboxylic acids is 1. The maximum atomic E-state index is 13.0. The number of nitrogens with zero attached hydrogens (tertiary/aromatic N) is 4. The summed E-state index contributed by atoms with van der Waals surface area (Å²) in [5.41, 5.74) is 1.07. The Morgan fingerprint density at radius 2 is 1.67 bits per heavy atom. The summed E-state index contributed by atoms with van der Waals surface area (Å²) in [6, 6.07) is 12.5. The normalized spacial score (nSPS) is 16.5. The molecule has 0 saturated carbocycles. The summed E-state index contributed by atoms with van der Waals surface area (Å²) >= 11 is 0. The van der Waals surface area contributed by atoms with Crippen LogP contribution in [0.25, 0.3) is 11.0 Å². The molecule has 5 rings (SSSR count). The molecule has 0 unspecified atom stereocenters. The van der Waals surface area contributed by atoms with Gasteiger partial charge in [-0.25, -0.2) is 13.2 Å². The van der Waals surface area contributed by atoms with E-state index in [0.29, 0.717) is 31.7 Å². The number of aromatic nitrogens is 2. The Morgan fingerprint density at radius 1 is 0.970 bits per heavy atom. The van der Waals surface area contributed by atoms with Crippen molar-refractivity contribution in [3.05, 3.63) is 58.5 Å². The summed E-state index contributed by atoms with van der Waals surface area (Å²) in [5, 5.41) is 0. The molecule has 33 heavy (non-hydrogen) atoms. The second-order valence-corrected chi connectivity index (χ2v) is 10.1. The summed E-state index contributed by atoms with van der Waals surface area (Å²) in [7, 11) is -3.81. The predicted octanol–water partition coefficient (Wildman–Crippen LogP) is 0.684. The summed E-state index contributed by atoms with van der Waals surface area (Å²) in [6.45, 7) is 3.22. The van der Waals surface area contributed by atoms with Crippen LogP contribution in [-0.2, 0) is 27.9 Å². The van der Waals surface area contributed by atoms with Crippen molar-refractivity contribution in [3.63, 3.8) is 0 Å². The molecule has 0 spiro atoms. The minimum absolute atomic E-state index is 0.204. The zero-order chi connectivity index (χ0) is 23.2. The fraction of sp³-hybridized carbons (Fsp3) is 0.364. The smallest absolute Gasteiger partial charge is 0.343 e. The molecule has 0 aliphatic carbocycles. The number of imidazole rings is 1. The number of benzene rings is 2. The molecule has 0 N–H and O–H groups in total. The Labute approximate surface area is 190 Å². The SMILES string of the molecule is CS(=O)(=O)n1c(=O)n(CC(=O)N2CCN(Cc3ccc4c(c3)OCO4)CC2)c2ccccc21. The van der Waals surface area contributed by atoms with E-state index in [1.807, 2.05) is 18.2 Å². The van der Waals surface area contributed by atoms with E-state index in [2.05, 4.69) is 4.90 Å². The van der Waals surface area contributed by atoms with Crippen molar-refractivity contribution >= 4 is 27.0 Å². The van der Waals surface area contributed by atoms with E-state index < -0.39 is 15.7 Å². The van der Waals surface area contributed by atoms with Gasteiger partial charge in [0.05, 0.1) is 17.3 Å². The van der Waals surface area contributed by atoms with Gasteiger partial charge in [0.15, 0.2) is 11.5 Å². The second kappa shape index (κ2) is 8.23. The maximum Gasteiger partial charge on any atom is 0.343 e. The number of amides is 1. The van der Waals surface area contributed by atoms with Crippen LogP contribution in [0.4, 0.5) is 0 Å². The van der Waals surface area contributed by atoms with Crippen molar-refractivity contribution in [1.29, 1.82) is 0 Å². The summed E-state index contributed by atoms with van der Waals surface area (Å²) in [5.74, 6) is 1.29. The zero-order valence-electron chi connectivity index (χ0n) is 18.1. The van der Waals surface area contributed by atoms with Crippen LogP contribution in [0.15, 0.2) is 47.3 Å². The first-order chi connectivity index (χ1) is 15.8. The van der Waals surface area contributed by atoms with Gasteiger partial charge in [-0.15, -0.1) is 0 Å². The minimum atomic E-state index is -3.81. The summed E-state index contributed by atoms with van der Waals surface area (Å²) in [6.07, 6.45) is 0.979. The van der Waals surface area contributed by atoms with Crippen molar-refractivity contribution in [2.45, 2.75) is 13.1 Å². The van der Waals surface area contributed by atoms with Crippen molar-refractivity contribution in [1.82, 2.24) is 18.3 Å². The maximum absolute atomic E-state index is 13.0. The molecule has 2 aliphatic rings. The van der Waals surface area contributed by atoms with Gasteiger partial charge in [-0.3, -0.25) is 14.3 Å². The Kier molecular flexibility index (Phi) is 5.37. The molecular formula is C22H24N4O6S. The lowest BCUT2D eigenvalue weighted by atomic mass is 10.1. The van der Waals surface area contributed by atoms with Crippen molar-refractivity contribution < 1.29 is 22.7 Å². The molecule has 0 radical (unpaired) electrons. The van der Waals surface area contributed by atoms with Crippen LogP contribution in [-0.4, -0.2) is 71.9 Å². The molecular weight excluding hydrogens is 448 g/mol. The molecule has 3 aromatic rings. The molecule has 2 aliphatic heterocycles. The van der Waals surface area contributed by atoms with Gasteiger partial charge in [0.25, 0.3) is 0 Å². The highest BCUT2D eigenvalue weighted by Gasteiger charge is 2.25. The first-order valence-electron chi connectivity index (χ1n) is 10.6. The lowest BCUT2D eigenvalue weighted by Crippen LogP contribution is -2.49. The number of piperazine rings is 1. The molecule has 3 heterocycles. The molecule has 1 aromatic heterocycles. The van der Waals surface area contributed by atoms with Gasteiger partial charge in [-0.2, -0.15) is 3.97 Å². The van der Waals surface area contributed by atoms with Crippen LogP contribution in [0.2, 0.25) is 0 Å². The number of hydrogen-bond donors (Lipinski definition) is 0. The minimum Gasteiger partial charge on any atom is -0.454 e. The Bertz CT molecular complexity index is 1390. The Balaban J connectivity index is 1.26. The topological polar surface area (TPSA) is 103 Å². The van der Waals surface area contributed by atoms with Crippen molar-refractivity contribution in [3.8, 4) is 11.5 Å². The van der Waals surface area contributed by atoms with E-state index in [9.17, 15) is 18.0 Å². The number of hydrogen-bond acceptors (Lipinski definition) is 7. The van der Waals surface area contributed by atoms with Crippen LogP contribution in [0.5, 0.6) is 11.5 Å². The van der Waals surface area contributed by atoms with Gasteiger partial charge in [0.2, 0.25) is 22.7 Å². The zero-order valence-corrected chi connectivity index (χ0v) is 19.0. The molecule has 2 aromatic carbocycles. The molecule has 10 nitrogen and oxygen atoms in total. The monoisotopic (exact) mass is 472 g/mol. The van der Waals surface area contributed by atoms with Crippen molar-refractivity contribution in [2.24, 2.45) is 0 Å². The fourth-order valence-electron chi connectivity index (χ4n) is 4.34. The average Bonchev–Trinajstić information content (AvgIpc) is 3.36. The lowest BCUT2D eigenvalue weighted by molar-refractivity contribution is -0.133. The lowest BCUT2D eigenvalue weighted by Gasteiger charge is -2.34. The number of ether oxygens (including phenoxy) is 2. The first kappa shape index (κ1) is 21.5. The summed E-state index contributed by atoms with van der Waals surface area (Å²) in [4.78, 5) is 29.8. The largest absolute Gasteiger partial charge is 0.454 e. The molecule has 1 fully saturated rings. The second-order valence-electron chi connectivity index (χ2n) is 8.23. The highest BCUT2D eigenvalue weighted by Crippen LogP contribution is 2.32. The van der Waals surface area contributed by atoms with Crippen LogP contribution in [0.1, 0.15) is 5.56 Å². The molecule has 1 amide bonds. The van der Waals surface area contributed by atoms with E-state index >= 15 is 0 Å². The van der Waals surface area contributed by atoms with Gasteiger partial charge in [-0.1, -0.05) is 18.2 Å². The summed E-state index contributed by atoms with van der Waals surface area (Å²) < 4.78 is 37.1. The Morgan fingerprint density at radius 3 is 2.39 bits per heavy atom. The van der Waals surface area contributed by atoms with E-state index in [0.717, 1.165) is 33.8 Å². The highest BCUT2D eigenvalue weighted by atomic mass is 32.2. The Hall–Kier alpha value is -3.31. The first-order valence-corrected chi connectivity index (χ1v) is 12.5.